The Hall–Kier alpha value is -0.800. The van der Waals surface area contributed by atoms with Gasteiger partial charge in [0.2, 0.25) is 0 Å². The molecule has 1 N–H and O–H groups in total. The van der Waals surface area contributed by atoms with Crippen LogP contribution >= 0.6 is 11.6 Å². The van der Waals surface area contributed by atoms with Gasteiger partial charge in [0.15, 0.2) is 0 Å². The van der Waals surface area contributed by atoms with E-state index in [9.17, 15) is 0 Å². The van der Waals surface area contributed by atoms with Crippen molar-refractivity contribution in [1.29, 1.82) is 0 Å². The van der Waals surface area contributed by atoms with Crippen molar-refractivity contribution in [3.63, 3.8) is 0 Å². The van der Waals surface area contributed by atoms with E-state index in [1.165, 1.54) is 0 Å². The van der Waals surface area contributed by atoms with E-state index in [0.717, 1.165) is 17.9 Å². The highest BCUT2D eigenvalue weighted by molar-refractivity contribution is 6.33. The summed E-state index contributed by atoms with van der Waals surface area (Å²) in [6.07, 6.45) is 1.86. The molecule has 0 unspecified atom stereocenters. The lowest BCUT2D eigenvalue weighted by atomic mass is 10.1. The predicted octanol–water partition coefficient (Wildman–Crippen LogP) is 2.69. The molecular formula is C12H20ClN3. The van der Waals surface area contributed by atoms with E-state index in [0.29, 0.717) is 5.02 Å². The van der Waals surface area contributed by atoms with Crippen molar-refractivity contribution in [2.75, 3.05) is 19.0 Å². The lowest BCUT2D eigenvalue weighted by Crippen LogP contribution is -2.35. The number of anilines is 1. The monoisotopic (exact) mass is 241 g/mol. The Morgan fingerprint density at radius 3 is 2.44 bits per heavy atom. The van der Waals surface area contributed by atoms with E-state index >= 15 is 0 Å². The van der Waals surface area contributed by atoms with Gasteiger partial charge >= 0.3 is 0 Å². The molecule has 0 saturated heterocycles. The van der Waals surface area contributed by atoms with Crippen LogP contribution in [0.3, 0.4) is 0 Å². The second-order valence-electron chi connectivity index (χ2n) is 5.15. The molecule has 3 nitrogen and oxygen atoms in total. The largest absolute Gasteiger partial charge is 0.362 e. The molecule has 0 atom stereocenters. The Morgan fingerprint density at radius 1 is 1.38 bits per heavy atom. The van der Waals surface area contributed by atoms with Crippen LogP contribution in [0.1, 0.15) is 26.3 Å². The molecular weight excluding hydrogens is 222 g/mol. The second kappa shape index (κ2) is 5.02. The molecule has 0 aliphatic carbocycles. The first-order valence-electron chi connectivity index (χ1n) is 5.36. The molecule has 1 aromatic rings. The highest BCUT2D eigenvalue weighted by atomic mass is 35.5. The van der Waals surface area contributed by atoms with Crippen molar-refractivity contribution in [2.24, 2.45) is 0 Å². The average Bonchev–Trinajstić information content (AvgIpc) is 2.13. The van der Waals surface area contributed by atoms with Gasteiger partial charge in [0, 0.05) is 32.4 Å². The fourth-order valence-corrected chi connectivity index (χ4v) is 1.62. The van der Waals surface area contributed by atoms with E-state index < -0.39 is 0 Å². The highest BCUT2D eigenvalue weighted by Gasteiger charge is 2.10. The number of halogens is 1. The molecule has 1 heterocycles. The third-order valence-corrected chi connectivity index (χ3v) is 2.40. The summed E-state index contributed by atoms with van der Waals surface area (Å²) in [5.74, 6) is 0.807. The van der Waals surface area contributed by atoms with E-state index in [1.807, 2.05) is 31.3 Å². The Bertz CT molecular complexity index is 356. The van der Waals surface area contributed by atoms with E-state index in [-0.39, 0.29) is 5.54 Å². The summed E-state index contributed by atoms with van der Waals surface area (Å²) in [6, 6.07) is 1.96. The first-order chi connectivity index (χ1) is 7.29. The standard InChI is InChI=1S/C12H20ClN3/c1-12(2,3)15-8-9-6-10(13)11(14-7-9)16(4)5/h6-7,15H,8H2,1-5H3. The normalized spacial score (nSPS) is 11.6. The minimum atomic E-state index is 0.104. The lowest BCUT2D eigenvalue weighted by molar-refractivity contribution is 0.424. The van der Waals surface area contributed by atoms with Crippen LogP contribution in [0.5, 0.6) is 0 Å². The van der Waals surface area contributed by atoms with Crippen LogP contribution < -0.4 is 10.2 Å². The van der Waals surface area contributed by atoms with Gasteiger partial charge in [0.25, 0.3) is 0 Å². The maximum atomic E-state index is 6.14. The zero-order valence-corrected chi connectivity index (χ0v) is 11.4. The first kappa shape index (κ1) is 13.3. The van der Waals surface area contributed by atoms with Crippen LogP contribution in [0.15, 0.2) is 12.3 Å². The Kier molecular flexibility index (Phi) is 4.16. The van der Waals surface area contributed by atoms with Gasteiger partial charge in [-0.1, -0.05) is 11.6 Å². The molecule has 1 rings (SSSR count). The molecule has 0 saturated carbocycles. The van der Waals surface area contributed by atoms with Gasteiger partial charge in [-0.2, -0.15) is 0 Å². The molecule has 0 aliphatic heterocycles. The highest BCUT2D eigenvalue weighted by Crippen LogP contribution is 2.22. The molecule has 0 spiro atoms. The van der Waals surface area contributed by atoms with Crippen LogP contribution in [-0.4, -0.2) is 24.6 Å². The van der Waals surface area contributed by atoms with Crippen LogP contribution in [0.2, 0.25) is 5.02 Å². The number of aromatic nitrogens is 1. The van der Waals surface area contributed by atoms with E-state index in [1.54, 1.807) is 0 Å². The third kappa shape index (κ3) is 3.99. The minimum Gasteiger partial charge on any atom is -0.362 e. The van der Waals surface area contributed by atoms with Crippen molar-refractivity contribution in [3.05, 3.63) is 22.8 Å². The van der Waals surface area contributed by atoms with Crippen LogP contribution in [-0.2, 0) is 6.54 Å². The smallest absolute Gasteiger partial charge is 0.146 e. The van der Waals surface area contributed by atoms with Crippen LogP contribution in [0.4, 0.5) is 5.82 Å². The first-order valence-corrected chi connectivity index (χ1v) is 5.74. The fourth-order valence-electron chi connectivity index (χ4n) is 1.26. The number of hydrogen-bond donors (Lipinski definition) is 1. The van der Waals surface area contributed by atoms with Crippen molar-refractivity contribution in [3.8, 4) is 0 Å². The van der Waals surface area contributed by atoms with E-state index in [2.05, 4.69) is 31.1 Å². The topological polar surface area (TPSA) is 28.2 Å². The van der Waals surface area contributed by atoms with Gasteiger partial charge in [-0.05, 0) is 32.4 Å². The van der Waals surface area contributed by atoms with Gasteiger partial charge in [-0.15, -0.1) is 0 Å². The lowest BCUT2D eigenvalue weighted by Gasteiger charge is -2.21. The summed E-state index contributed by atoms with van der Waals surface area (Å²) in [7, 11) is 3.86. The van der Waals surface area contributed by atoms with Crippen LogP contribution in [0, 0.1) is 0 Å². The summed E-state index contributed by atoms with van der Waals surface area (Å²) < 4.78 is 0. The molecule has 1 aromatic heterocycles. The Balaban J connectivity index is 2.74. The zero-order chi connectivity index (χ0) is 12.3. The number of rotatable bonds is 3. The molecule has 16 heavy (non-hydrogen) atoms. The minimum absolute atomic E-state index is 0.104. The summed E-state index contributed by atoms with van der Waals surface area (Å²) in [6.45, 7) is 7.19. The van der Waals surface area contributed by atoms with Gasteiger partial charge in [0.1, 0.15) is 5.82 Å². The second-order valence-corrected chi connectivity index (χ2v) is 5.55. The van der Waals surface area contributed by atoms with Crippen molar-refractivity contribution < 1.29 is 0 Å². The SMILES string of the molecule is CN(C)c1ncc(CNC(C)(C)C)cc1Cl. The van der Waals surface area contributed by atoms with Gasteiger partial charge < -0.3 is 10.2 Å². The summed E-state index contributed by atoms with van der Waals surface area (Å²) in [5.41, 5.74) is 1.21. The molecule has 0 amide bonds. The fraction of sp³-hybridized carbons (Fsp3) is 0.583. The molecule has 0 radical (unpaired) electrons. The van der Waals surface area contributed by atoms with Crippen molar-refractivity contribution >= 4 is 17.4 Å². The zero-order valence-electron chi connectivity index (χ0n) is 10.6. The Morgan fingerprint density at radius 2 is 2.00 bits per heavy atom. The molecule has 0 bridgehead atoms. The van der Waals surface area contributed by atoms with Crippen molar-refractivity contribution in [1.82, 2.24) is 10.3 Å². The molecule has 0 aliphatic rings. The number of pyridine rings is 1. The third-order valence-electron chi connectivity index (χ3n) is 2.12. The quantitative estimate of drug-likeness (QED) is 0.882. The number of nitrogens with one attached hydrogen (secondary N) is 1. The number of hydrogen-bond acceptors (Lipinski definition) is 3. The molecule has 0 aromatic carbocycles. The van der Waals surface area contributed by atoms with Gasteiger partial charge in [0.05, 0.1) is 5.02 Å². The van der Waals surface area contributed by atoms with E-state index in [4.69, 9.17) is 11.6 Å². The summed E-state index contributed by atoms with van der Waals surface area (Å²) in [5, 5.41) is 4.09. The molecule has 4 heteroatoms. The average molecular weight is 242 g/mol. The summed E-state index contributed by atoms with van der Waals surface area (Å²) >= 11 is 6.14. The predicted molar refractivity (Wildman–Crippen MR) is 70.2 cm³/mol. The van der Waals surface area contributed by atoms with Gasteiger partial charge in [-0.3, -0.25) is 0 Å². The Labute approximate surface area is 103 Å². The summed E-state index contributed by atoms with van der Waals surface area (Å²) in [4.78, 5) is 6.24. The van der Waals surface area contributed by atoms with Crippen LogP contribution in [0.25, 0.3) is 0 Å². The maximum absolute atomic E-state index is 6.14. The van der Waals surface area contributed by atoms with Crippen molar-refractivity contribution in [2.45, 2.75) is 32.9 Å². The maximum Gasteiger partial charge on any atom is 0.146 e. The number of nitrogens with zero attached hydrogens (tertiary/aromatic N) is 2. The molecule has 90 valence electrons. The molecule has 0 fully saturated rings. The van der Waals surface area contributed by atoms with Gasteiger partial charge in [-0.25, -0.2) is 4.98 Å².